The topological polar surface area (TPSA) is 74.5 Å². The second kappa shape index (κ2) is 10.3. The molecule has 3 heterocycles. The monoisotopic (exact) mass is 487 g/mol. The van der Waals surface area contributed by atoms with Crippen LogP contribution in [0.25, 0.3) is 22.3 Å². The van der Waals surface area contributed by atoms with Crippen LogP contribution in [0.15, 0.2) is 48.5 Å². The van der Waals surface area contributed by atoms with Crippen molar-refractivity contribution in [3.63, 3.8) is 0 Å². The number of benzene rings is 2. The van der Waals surface area contributed by atoms with Gasteiger partial charge in [-0.05, 0) is 66.8 Å². The quantitative estimate of drug-likeness (QED) is 0.492. The zero-order valence-electron chi connectivity index (χ0n) is 21.1. The van der Waals surface area contributed by atoms with E-state index in [1.165, 1.54) is 6.42 Å². The maximum atomic E-state index is 15.0. The Morgan fingerprint density at radius 3 is 2.56 bits per heavy atom. The Labute approximate surface area is 212 Å². The predicted molar refractivity (Wildman–Crippen MR) is 144 cm³/mol. The molecule has 1 aromatic heterocycles. The van der Waals surface area contributed by atoms with Gasteiger partial charge in [0.2, 0.25) is 5.95 Å². The van der Waals surface area contributed by atoms with Crippen LogP contribution in [0.1, 0.15) is 42.6 Å². The first kappa shape index (κ1) is 24.3. The van der Waals surface area contributed by atoms with Crippen molar-refractivity contribution in [1.29, 1.82) is 0 Å². The molecule has 0 aliphatic carbocycles. The molecule has 1 amide bonds. The molecule has 3 N–H and O–H groups in total. The van der Waals surface area contributed by atoms with Crippen molar-refractivity contribution in [1.82, 2.24) is 15.2 Å². The number of fused-ring (bicyclic) bond motifs is 1. The van der Waals surface area contributed by atoms with Crippen LogP contribution in [0.4, 0.5) is 15.9 Å². The van der Waals surface area contributed by atoms with E-state index in [9.17, 15) is 9.18 Å². The smallest absolute Gasteiger partial charge is 0.251 e. The molecule has 0 radical (unpaired) electrons. The fourth-order valence-corrected chi connectivity index (χ4v) is 5.48. The van der Waals surface area contributed by atoms with Gasteiger partial charge in [-0.1, -0.05) is 38.1 Å². The highest BCUT2D eigenvalue weighted by Gasteiger charge is 2.25. The Balaban J connectivity index is 1.41. The number of carbonyl (C=O) groups is 1. The van der Waals surface area contributed by atoms with Gasteiger partial charge in [0, 0.05) is 54.6 Å². The molecule has 188 valence electrons. The summed E-state index contributed by atoms with van der Waals surface area (Å²) in [4.78, 5) is 21.2. The van der Waals surface area contributed by atoms with Gasteiger partial charge in [-0.3, -0.25) is 9.69 Å². The molecular formula is C29H34FN5O. The van der Waals surface area contributed by atoms with Gasteiger partial charge in [-0.2, -0.15) is 4.39 Å². The molecule has 1 saturated heterocycles. The molecule has 2 aromatic carbocycles. The van der Waals surface area contributed by atoms with Gasteiger partial charge < -0.3 is 16.0 Å². The molecule has 1 fully saturated rings. The lowest BCUT2D eigenvalue weighted by Gasteiger charge is -2.42. The highest BCUT2D eigenvalue weighted by molar-refractivity contribution is 5.97. The van der Waals surface area contributed by atoms with E-state index in [4.69, 9.17) is 5.73 Å². The number of carbonyl (C=O) groups excluding carboxylic acids is 1. The highest BCUT2D eigenvalue weighted by atomic mass is 19.1. The largest absolute Gasteiger partial charge is 0.383 e. The van der Waals surface area contributed by atoms with Crippen LogP contribution in [0.3, 0.4) is 0 Å². The first-order valence-corrected chi connectivity index (χ1v) is 13.0. The van der Waals surface area contributed by atoms with E-state index in [0.717, 1.165) is 61.4 Å². The Bertz CT molecular complexity index is 1260. The third-order valence-corrected chi connectivity index (χ3v) is 7.48. The number of pyridine rings is 1. The average Bonchev–Trinajstić information content (AvgIpc) is 2.89. The van der Waals surface area contributed by atoms with E-state index in [2.05, 4.69) is 46.1 Å². The van der Waals surface area contributed by atoms with E-state index in [1.54, 1.807) is 12.1 Å². The molecule has 2 aliphatic heterocycles. The Morgan fingerprint density at radius 2 is 1.81 bits per heavy atom. The summed E-state index contributed by atoms with van der Waals surface area (Å²) in [7, 11) is 0. The number of piperazine rings is 1. The molecule has 0 spiro atoms. The highest BCUT2D eigenvalue weighted by Crippen LogP contribution is 2.34. The van der Waals surface area contributed by atoms with Crippen LogP contribution < -0.4 is 16.0 Å². The van der Waals surface area contributed by atoms with Gasteiger partial charge in [0.1, 0.15) is 5.82 Å². The number of nitrogen functional groups attached to an aromatic ring is 1. The number of aromatic nitrogens is 1. The maximum absolute atomic E-state index is 15.0. The van der Waals surface area contributed by atoms with Crippen LogP contribution in [-0.2, 0) is 6.42 Å². The maximum Gasteiger partial charge on any atom is 0.251 e. The molecule has 3 aromatic rings. The molecule has 5 rings (SSSR count). The SMILES string of the molecule is CCCN1CCN(c2ccc(-c3cc(-c4ccc5c(c4)CCNC5=O)c(N)nc3F)cc2)C[C@@H]1CC. The average molecular weight is 488 g/mol. The number of nitrogens with one attached hydrogen (secondary N) is 1. The number of halogens is 1. The minimum absolute atomic E-state index is 0.0641. The molecule has 0 unspecified atom stereocenters. The molecule has 36 heavy (non-hydrogen) atoms. The second-order valence-electron chi connectivity index (χ2n) is 9.73. The number of nitrogens with zero attached hydrogens (tertiary/aromatic N) is 3. The minimum atomic E-state index is -0.583. The predicted octanol–water partition coefficient (Wildman–Crippen LogP) is 4.73. The fourth-order valence-electron chi connectivity index (χ4n) is 5.48. The normalized spacial score (nSPS) is 18.1. The fraction of sp³-hybridized carbons (Fsp3) is 0.379. The molecular weight excluding hydrogens is 453 g/mol. The van der Waals surface area contributed by atoms with E-state index in [0.29, 0.717) is 29.3 Å². The first-order valence-electron chi connectivity index (χ1n) is 13.0. The summed E-state index contributed by atoms with van der Waals surface area (Å²) >= 11 is 0. The van der Waals surface area contributed by atoms with Gasteiger partial charge in [-0.25, -0.2) is 4.98 Å². The van der Waals surface area contributed by atoms with E-state index >= 15 is 0 Å². The van der Waals surface area contributed by atoms with E-state index in [-0.39, 0.29) is 11.7 Å². The van der Waals surface area contributed by atoms with Crippen LogP contribution >= 0.6 is 0 Å². The summed E-state index contributed by atoms with van der Waals surface area (Å²) < 4.78 is 15.0. The summed E-state index contributed by atoms with van der Waals surface area (Å²) in [6.45, 7) is 9.31. The van der Waals surface area contributed by atoms with Crippen molar-refractivity contribution >= 4 is 17.4 Å². The van der Waals surface area contributed by atoms with E-state index in [1.807, 2.05) is 24.3 Å². The van der Waals surface area contributed by atoms with Crippen molar-refractivity contribution in [3.8, 4) is 22.3 Å². The van der Waals surface area contributed by atoms with Gasteiger partial charge in [0.05, 0.1) is 0 Å². The molecule has 2 aliphatic rings. The Morgan fingerprint density at radius 1 is 1.03 bits per heavy atom. The molecule has 7 heteroatoms. The molecule has 6 nitrogen and oxygen atoms in total. The van der Waals surface area contributed by atoms with Gasteiger partial charge in [0.25, 0.3) is 5.91 Å². The third-order valence-electron chi connectivity index (χ3n) is 7.48. The zero-order chi connectivity index (χ0) is 25.2. The molecule has 0 bridgehead atoms. The Hall–Kier alpha value is -3.45. The van der Waals surface area contributed by atoms with Crippen molar-refractivity contribution < 1.29 is 9.18 Å². The summed E-state index contributed by atoms with van der Waals surface area (Å²) in [5.41, 5.74) is 11.6. The van der Waals surface area contributed by atoms with Gasteiger partial charge in [-0.15, -0.1) is 0 Å². The first-order chi connectivity index (χ1) is 17.5. The standard InChI is InChI=1S/C29H34FN5O/c1-3-13-34-14-15-35(18-22(34)4-2)23-8-5-19(6-9-23)25-17-26(28(31)33-27(25)30)20-7-10-24-21(16-20)11-12-32-29(24)36/h5-10,16-17,22H,3-4,11-15,18H2,1-2H3,(H2,31,33)(H,32,36)/t22-/m0/s1. The number of nitrogens with two attached hydrogens (primary N) is 1. The van der Waals surface area contributed by atoms with Crippen LogP contribution in [0, 0.1) is 5.95 Å². The van der Waals surface area contributed by atoms with E-state index < -0.39 is 5.95 Å². The van der Waals surface area contributed by atoms with Crippen LogP contribution in [0.2, 0.25) is 0 Å². The van der Waals surface area contributed by atoms with Crippen molar-refractivity contribution in [2.45, 2.75) is 39.2 Å². The number of anilines is 2. The van der Waals surface area contributed by atoms with Crippen LogP contribution in [0.5, 0.6) is 0 Å². The zero-order valence-corrected chi connectivity index (χ0v) is 21.1. The molecule has 1 atom stereocenters. The van der Waals surface area contributed by atoms with Gasteiger partial charge >= 0.3 is 0 Å². The summed E-state index contributed by atoms with van der Waals surface area (Å²) in [6.07, 6.45) is 3.06. The lowest BCUT2D eigenvalue weighted by atomic mass is 9.94. The molecule has 0 saturated carbocycles. The number of hydrogen-bond acceptors (Lipinski definition) is 5. The second-order valence-corrected chi connectivity index (χ2v) is 9.73. The third kappa shape index (κ3) is 4.67. The van der Waals surface area contributed by atoms with Crippen molar-refractivity contribution in [2.75, 3.05) is 43.4 Å². The summed E-state index contributed by atoms with van der Waals surface area (Å²) in [6, 6.07) is 16.0. The minimum Gasteiger partial charge on any atom is -0.383 e. The summed E-state index contributed by atoms with van der Waals surface area (Å²) in [5.74, 6) is -0.505. The lowest BCUT2D eigenvalue weighted by molar-refractivity contribution is 0.0946. The number of amides is 1. The van der Waals surface area contributed by atoms with Crippen molar-refractivity contribution in [3.05, 3.63) is 65.6 Å². The summed E-state index contributed by atoms with van der Waals surface area (Å²) in [5, 5.41) is 2.86. The number of hydrogen-bond donors (Lipinski definition) is 2. The Kier molecular flexibility index (Phi) is 6.92. The van der Waals surface area contributed by atoms with Crippen molar-refractivity contribution in [2.24, 2.45) is 0 Å². The number of rotatable bonds is 6. The lowest BCUT2D eigenvalue weighted by Crippen LogP contribution is -2.53. The van der Waals surface area contributed by atoms with Crippen LogP contribution in [-0.4, -0.2) is 54.6 Å². The van der Waals surface area contributed by atoms with Gasteiger partial charge in [0.15, 0.2) is 0 Å².